The van der Waals surface area contributed by atoms with Crippen LogP contribution in [-0.4, -0.2) is 25.9 Å². The first-order valence-corrected chi connectivity index (χ1v) is 24.5. The Labute approximate surface area is 407 Å². The quantitative estimate of drug-likeness (QED) is 0.0322. The molecule has 60 heavy (non-hydrogen) atoms. The number of ether oxygens (including phenoxy) is 2. The van der Waals surface area contributed by atoms with Gasteiger partial charge in [-0.2, -0.15) is 0 Å². The molecule has 8 nitrogen and oxygen atoms in total. The van der Waals surface area contributed by atoms with E-state index in [1.165, 1.54) is 152 Å². The molecule has 4 rings (SSSR count). The first-order chi connectivity index (χ1) is 28.0. The Bertz CT molecular complexity index is 1810. The van der Waals surface area contributed by atoms with Crippen molar-refractivity contribution >= 4 is 20.2 Å². The molecule has 0 atom stereocenters. The van der Waals surface area contributed by atoms with Crippen LogP contribution in [0.4, 0.5) is 0 Å². The van der Waals surface area contributed by atoms with Gasteiger partial charge in [-0.15, -0.1) is 0 Å². The van der Waals surface area contributed by atoms with Crippen LogP contribution in [0.1, 0.15) is 153 Å². The predicted molar refractivity (Wildman–Crippen MR) is 233 cm³/mol. The Morgan fingerprint density at radius 2 is 0.617 bits per heavy atom. The van der Waals surface area contributed by atoms with E-state index in [4.69, 9.17) is 9.47 Å². The number of aryl methyl sites for hydroxylation is 2. The average molecular weight is 881 g/mol. The van der Waals surface area contributed by atoms with Crippen molar-refractivity contribution in [2.75, 3.05) is 0 Å². The molecule has 4 aromatic rings. The summed E-state index contributed by atoms with van der Waals surface area (Å²) in [5.41, 5.74) is 2.07. The fourth-order valence-electron chi connectivity index (χ4n) is 6.94. The van der Waals surface area contributed by atoms with E-state index >= 15 is 0 Å². The van der Waals surface area contributed by atoms with Crippen LogP contribution in [0.25, 0.3) is 0 Å². The second kappa shape index (κ2) is 32.9. The molecule has 0 aliphatic rings. The Kier molecular flexibility index (Phi) is 30.9. The number of benzene rings is 4. The second-order valence-corrected chi connectivity index (χ2v) is 17.8. The molecule has 0 aliphatic heterocycles. The largest absolute Gasteiger partial charge is 1.00 e. The maximum Gasteiger partial charge on any atom is 1.00 e. The van der Waals surface area contributed by atoms with Crippen molar-refractivity contribution in [3.05, 3.63) is 108 Å². The summed E-state index contributed by atoms with van der Waals surface area (Å²) in [7, 11) is -9.16. The molecule has 12 heteroatoms. The summed E-state index contributed by atoms with van der Waals surface area (Å²) in [6, 6.07) is 27.2. The van der Waals surface area contributed by atoms with Gasteiger partial charge in [0.05, 0.1) is 9.79 Å². The van der Waals surface area contributed by atoms with E-state index < -0.39 is 20.2 Å². The average Bonchev–Trinajstić information content (AvgIpc) is 3.20. The molecule has 0 fully saturated rings. The van der Waals surface area contributed by atoms with Gasteiger partial charge in [0.25, 0.3) is 0 Å². The molecule has 0 N–H and O–H groups in total. The van der Waals surface area contributed by atoms with E-state index in [1.54, 1.807) is 12.1 Å². The SMILES string of the molecule is CCCCCCCCCCCCc1ccccc1Oc1ccccc1S(=O)(=O)[O-].CCCCCCCCCCCCc1ccccc1Oc1ccccc1S(=O)(=O)[O-].[Na+].[Na+]. The number of unbranched alkanes of at least 4 members (excludes halogenated alkanes) is 18. The standard InChI is InChI=1S/2C24H34O4S.2Na/c2*1-2-3-4-5-6-7-8-9-10-11-16-21-17-12-13-18-22(21)28-23-19-14-15-20-24(23)29(25,26)27;;/h2*12-15,17-20H,2-11,16H2,1H3,(H,25,26,27);;/q;;2*+1/p-2. The molecule has 0 aliphatic carbocycles. The molecule has 0 radical (unpaired) electrons. The first-order valence-electron chi connectivity index (χ1n) is 21.7. The number of hydrogen-bond donors (Lipinski definition) is 0. The second-order valence-electron chi connectivity index (χ2n) is 15.1. The molecule has 0 unspecified atom stereocenters. The van der Waals surface area contributed by atoms with Crippen molar-refractivity contribution < 1.29 is 94.5 Å². The summed E-state index contributed by atoms with van der Waals surface area (Å²) in [4.78, 5) is -0.650. The molecule has 0 saturated carbocycles. The molecule has 4 aromatic carbocycles. The van der Waals surface area contributed by atoms with E-state index in [9.17, 15) is 25.9 Å². The monoisotopic (exact) mass is 880 g/mol. The Balaban J connectivity index is 0.000000581. The van der Waals surface area contributed by atoms with Crippen molar-refractivity contribution in [1.82, 2.24) is 0 Å². The maximum atomic E-state index is 11.5. The van der Waals surface area contributed by atoms with Crippen LogP contribution in [0.15, 0.2) is 107 Å². The number of hydrogen-bond acceptors (Lipinski definition) is 8. The van der Waals surface area contributed by atoms with Crippen LogP contribution in [0.3, 0.4) is 0 Å². The third-order valence-corrected chi connectivity index (χ3v) is 12.0. The van der Waals surface area contributed by atoms with Gasteiger partial charge >= 0.3 is 59.1 Å². The van der Waals surface area contributed by atoms with Gasteiger partial charge in [0.1, 0.15) is 43.2 Å². The third-order valence-electron chi connectivity index (χ3n) is 10.2. The van der Waals surface area contributed by atoms with Crippen LogP contribution in [0.2, 0.25) is 0 Å². The van der Waals surface area contributed by atoms with Gasteiger partial charge in [0.15, 0.2) is 0 Å². The minimum Gasteiger partial charge on any atom is -0.744 e. The molecule has 0 aromatic heterocycles. The fraction of sp³-hybridized carbons (Fsp3) is 0.500. The summed E-state index contributed by atoms with van der Waals surface area (Å²) in [5, 5.41) is 0. The molecule has 0 spiro atoms. The maximum absolute atomic E-state index is 11.5. The molecule has 0 amide bonds. The van der Waals surface area contributed by atoms with Gasteiger partial charge in [-0.1, -0.05) is 190 Å². The van der Waals surface area contributed by atoms with Crippen molar-refractivity contribution in [3.63, 3.8) is 0 Å². The molecule has 0 bridgehead atoms. The van der Waals surface area contributed by atoms with Crippen molar-refractivity contribution in [3.8, 4) is 23.0 Å². The van der Waals surface area contributed by atoms with Gasteiger partial charge in [-0.3, -0.25) is 0 Å². The van der Waals surface area contributed by atoms with Crippen LogP contribution >= 0.6 is 0 Å². The first kappa shape index (κ1) is 56.3. The summed E-state index contributed by atoms with van der Waals surface area (Å²) in [6.07, 6.45) is 27.4. The molecular formula is C48H66Na2O8S2. The Hall–Kier alpha value is -1.70. The minimum atomic E-state index is -4.58. The third kappa shape index (κ3) is 23.1. The Morgan fingerprint density at radius 1 is 0.367 bits per heavy atom. The summed E-state index contributed by atoms with van der Waals surface area (Å²) >= 11 is 0. The normalized spacial score (nSPS) is 11.1. The van der Waals surface area contributed by atoms with E-state index in [0.29, 0.717) is 11.5 Å². The van der Waals surface area contributed by atoms with E-state index in [0.717, 1.165) is 36.8 Å². The van der Waals surface area contributed by atoms with Gasteiger partial charge in [-0.25, -0.2) is 16.8 Å². The van der Waals surface area contributed by atoms with E-state index in [2.05, 4.69) is 13.8 Å². The summed E-state index contributed by atoms with van der Waals surface area (Å²) < 4.78 is 80.4. The molecule has 0 saturated heterocycles. The van der Waals surface area contributed by atoms with Gasteiger partial charge in [-0.05, 0) is 73.2 Å². The van der Waals surface area contributed by atoms with E-state index in [1.807, 2.05) is 48.5 Å². The van der Waals surface area contributed by atoms with Gasteiger partial charge in [0, 0.05) is 0 Å². The van der Waals surface area contributed by atoms with Crippen molar-refractivity contribution in [1.29, 1.82) is 0 Å². The predicted octanol–water partition coefficient (Wildman–Crippen LogP) is 7.70. The van der Waals surface area contributed by atoms with Gasteiger partial charge in [0.2, 0.25) is 0 Å². The molecule has 320 valence electrons. The van der Waals surface area contributed by atoms with Crippen LogP contribution in [0, 0.1) is 0 Å². The number of rotatable bonds is 28. The summed E-state index contributed by atoms with van der Waals surface area (Å²) in [5.74, 6) is 1.38. The van der Waals surface area contributed by atoms with Gasteiger partial charge < -0.3 is 18.6 Å². The fourth-order valence-corrected chi connectivity index (χ4v) is 8.15. The van der Waals surface area contributed by atoms with Crippen LogP contribution < -0.4 is 68.6 Å². The Morgan fingerprint density at radius 3 is 0.917 bits per heavy atom. The van der Waals surface area contributed by atoms with Crippen molar-refractivity contribution in [2.45, 2.75) is 165 Å². The van der Waals surface area contributed by atoms with Crippen LogP contribution in [-0.2, 0) is 33.1 Å². The zero-order valence-electron chi connectivity index (χ0n) is 36.9. The smallest absolute Gasteiger partial charge is 0.744 e. The zero-order chi connectivity index (χ0) is 41.9. The molecular weight excluding hydrogens is 815 g/mol. The van der Waals surface area contributed by atoms with E-state index in [-0.39, 0.29) is 80.4 Å². The zero-order valence-corrected chi connectivity index (χ0v) is 42.5. The summed E-state index contributed by atoms with van der Waals surface area (Å²) in [6.45, 7) is 4.49. The molecule has 0 heterocycles. The number of para-hydroxylation sites is 4. The van der Waals surface area contributed by atoms with Crippen LogP contribution in [0.5, 0.6) is 23.0 Å². The topological polar surface area (TPSA) is 133 Å². The van der Waals surface area contributed by atoms with Crippen molar-refractivity contribution in [2.24, 2.45) is 0 Å². The minimum absolute atomic E-state index is 0.